The third-order valence-corrected chi connectivity index (χ3v) is 5.09. The minimum absolute atomic E-state index is 0.0237. The number of aromatic nitrogens is 1. The highest BCUT2D eigenvalue weighted by molar-refractivity contribution is 5.94. The van der Waals surface area contributed by atoms with E-state index in [1.165, 1.54) is 0 Å². The highest BCUT2D eigenvalue weighted by Crippen LogP contribution is 2.25. The smallest absolute Gasteiger partial charge is 0.226 e. The van der Waals surface area contributed by atoms with Crippen LogP contribution < -0.4 is 15.1 Å². The van der Waals surface area contributed by atoms with E-state index in [4.69, 9.17) is 4.74 Å². The van der Waals surface area contributed by atoms with Crippen molar-refractivity contribution in [3.05, 3.63) is 70.0 Å². The zero-order valence-corrected chi connectivity index (χ0v) is 15.3. The maximum Gasteiger partial charge on any atom is 0.226 e. The molecule has 3 aromatic rings. The molecule has 1 aliphatic rings. The number of fused-ring (bicyclic) bond motifs is 1. The number of hydrogen-bond acceptors (Lipinski definition) is 3. The number of nitrogens with zero attached hydrogens (tertiary/aromatic N) is 1. The Bertz CT molecular complexity index is 1050. The van der Waals surface area contributed by atoms with Crippen molar-refractivity contribution in [3.8, 4) is 5.75 Å². The largest absolute Gasteiger partial charge is 0.487 e. The topological polar surface area (TPSA) is 62.4 Å². The number of para-hydroxylation sites is 1. The van der Waals surface area contributed by atoms with Crippen molar-refractivity contribution >= 4 is 22.5 Å². The lowest BCUT2D eigenvalue weighted by molar-refractivity contribution is -0.119. The number of rotatable bonds is 4. The molecule has 1 fully saturated rings. The number of nitrogens with one attached hydrogen (secondary N) is 1. The summed E-state index contributed by atoms with van der Waals surface area (Å²) in [5.41, 5.74) is 3.12. The number of piperidine rings is 1. The van der Waals surface area contributed by atoms with E-state index >= 15 is 0 Å². The third-order valence-electron chi connectivity index (χ3n) is 5.09. The Kier molecular flexibility index (Phi) is 4.67. The number of hydrogen-bond donors (Lipinski definition) is 1. The second-order valence-electron chi connectivity index (χ2n) is 6.89. The molecule has 1 aromatic heterocycles. The molecular weight excluding hydrogens is 340 g/mol. The number of benzene rings is 2. The lowest BCUT2D eigenvalue weighted by Gasteiger charge is -2.27. The Morgan fingerprint density at radius 1 is 1.07 bits per heavy atom. The van der Waals surface area contributed by atoms with Crippen LogP contribution in [0.2, 0.25) is 0 Å². The number of aromatic amines is 1. The first-order chi connectivity index (χ1) is 13.1. The Labute approximate surface area is 157 Å². The fourth-order valence-electron chi connectivity index (χ4n) is 3.51. The summed E-state index contributed by atoms with van der Waals surface area (Å²) < 4.78 is 5.94. The van der Waals surface area contributed by atoms with Gasteiger partial charge < -0.3 is 14.6 Å². The summed E-state index contributed by atoms with van der Waals surface area (Å²) in [4.78, 5) is 29.8. The van der Waals surface area contributed by atoms with Gasteiger partial charge >= 0.3 is 0 Å². The van der Waals surface area contributed by atoms with E-state index in [9.17, 15) is 9.59 Å². The SMILES string of the molecule is Cc1c(COc2cccc(N3CCCCC3=O)c2)[nH]c2ccccc2c1=O. The molecule has 4 rings (SSSR count). The normalized spacial score (nSPS) is 14.6. The van der Waals surface area contributed by atoms with Crippen LogP contribution in [0, 0.1) is 6.92 Å². The average Bonchev–Trinajstić information content (AvgIpc) is 2.70. The van der Waals surface area contributed by atoms with E-state index in [0.717, 1.165) is 36.3 Å². The molecule has 0 saturated carbocycles. The molecule has 2 aromatic carbocycles. The number of carbonyl (C=O) groups is 1. The molecule has 0 bridgehead atoms. The van der Waals surface area contributed by atoms with Crippen molar-refractivity contribution in [2.45, 2.75) is 32.8 Å². The number of pyridine rings is 1. The molecule has 138 valence electrons. The van der Waals surface area contributed by atoms with Crippen LogP contribution in [-0.4, -0.2) is 17.4 Å². The predicted octanol–water partition coefficient (Wildman–Crippen LogP) is 3.93. The molecule has 5 nitrogen and oxygen atoms in total. The van der Waals surface area contributed by atoms with Crippen molar-refractivity contribution in [1.82, 2.24) is 4.98 Å². The fourth-order valence-corrected chi connectivity index (χ4v) is 3.51. The van der Waals surface area contributed by atoms with Crippen molar-refractivity contribution in [2.75, 3.05) is 11.4 Å². The highest BCUT2D eigenvalue weighted by Gasteiger charge is 2.19. The summed E-state index contributed by atoms with van der Waals surface area (Å²) in [7, 11) is 0. The summed E-state index contributed by atoms with van der Waals surface area (Å²) in [6, 6.07) is 15.1. The minimum Gasteiger partial charge on any atom is -0.487 e. The van der Waals surface area contributed by atoms with Crippen LogP contribution in [0.25, 0.3) is 10.9 Å². The first kappa shape index (κ1) is 17.3. The van der Waals surface area contributed by atoms with Crippen LogP contribution in [0.1, 0.15) is 30.5 Å². The van der Waals surface area contributed by atoms with Crippen LogP contribution in [0.15, 0.2) is 53.3 Å². The van der Waals surface area contributed by atoms with Crippen LogP contribution >= 0.6 is 0 Å². The Balaban J connectivity index is 1.56. The van der Waals surface area contributed by atoms with E-state index in [-0.39, 0.29) is 17.9 Å². The maximum absolute atomic E-state index is 12.5. The number of ether oxygens (including phenoxy) is 1. The molecule has 2 heterocycles. The van der Waals surface area contributed by atoms with Crippen LogP contribution in [0.4, 0.5) is 5.69 Å². The van der Waals surface area contributed by atoms with E-state index < -0.39 is 0 Å². The van der Waals surface area contributed by atoms with Gasteiger partial charge in [0.25, 0.3) is 0 Å². The molecule has 0 unspecified atom stereocenters. The Morgan fingerprint density at radius 2 is 1.93 bits per heavy atom. The fraction of sp³-hybridized carbons (Fsp3) is 0.273. The van der Waals surface area contributed by atoms with E-state index in [1.807, 2.05) is 60.4 Å². The maximum atomic E-state index is 12.5. The van der Waals surface area contributed by atoms with Crippen molar-refractivity contribution in [2.24, 2.45) is 0 Å². The van der Waals surface area contributed by atoms with Gasteiger partial charge in [0.1, 0.15) is 12.4 Å². The van der Waals surface area contributed by atoms with Gasteiger partial charge in [-0.05, 0) is 44.0 Å². The molecule has 0 spiro atoms. The molecule has 0 radical (unpaired) electrons. The number of carbonyl (C=O) groups excluding carboxylic acids is 1. The molecule has 1 aliphatic heterocycles. The van der Waals surface area contributed by atoms with Gasteiger partial charge in [-0.1, -0.05) is 18.2 Å². The molecule has 1 amide bonds. The molecular formula is C22H22N2O3. The van der Waals surface area contributed by atoms with Gasteiger partial charge in [0.15, 0.2) is 5.43 Å². The average molecular weight is 362 g/mol. The van der Waals surface area contributed by atoms with E-state index in [2.05, 4.69) is 4.98 Å². The quantitative estimate of drug-likeness (QED) is 0.765. The first-order valence-corrected chi connectivity index (χ1v) is 9.27. The first-order valence-electron chi connectivity index (χ1n) is 9.27. The zero-order valence-electron chi connectivity index (χ0n) is 15.3. The standard InChI is InChI=1S/C22H22N2O3/c1-15-20(23-19-10-3-2-9-18(19)22(15)26)14-27-17-8-6-7-16(13-17)24-12-5-4-11-21(24)25/h2-3,6-10,13H,4-5,11-12,14H2,1H3,(H,23,26). The van der Waals surface area contributed by atoms with Crippen molar-refractivity contribution < 1.29 is 9.53 Å². The second kappa shape index (κ2) is 7.27. The Morgan fingerprint density at radius 3 is 2.78 bits per heavy atom. The Hall–Kier alpha value is -3.08. The number of amides is 1. The highest BCUT2D eigenvalue weighted by atomic mass is 16.5. The molecule has 0 aliphatic carbocycles. The molecule has 27 heavy (non-hydrogen) atoms. The van der Waals surface area contributed by atoms with Gasteiger partial charge in [-0.25, -0.2) is 0 Å². The number of anilines is 1. The van der Waals surface area contributed by atoms with Crippen LogP contribution in [-0.2, 0) is 11.4 Å². The molecule has 0 atom stereocenters. The third kappa shape index (κ3) is 3.45. The van der Waals surface area contributed by atoms with Gasteiger partial charge in [0.2, 0.25) is 5.91 Å². The summed E-state index contributed by atoms with van der Waals surface area (Å²) in [6.07, 6.45) is 2.58. The molecule has 1 N–H and O–H groups in total. The van der Waals surface area contributed by atoms with Gasteiger partial charge in [-0.3, -0.25) is 9.59 Å². The summed E-state index contributed by atoms with van der Waals surface area (Å²) in [5, 5.41) is 0.685. The zero-order chi connectivity index (χ0) is 18.8. The lowest BCUT2D eigenvalue weighted by Crippen LogP contribution is -2.35. The monoisotopic (exact) mass is 362 g/mol. The summed E-state index contributed by atoms with van der Waals surface area (Å²) in [6.45, 7) is 2.83. The van der Waals surface area contributed by atoms with Crippen LogP contribution in [0.3, 0.4) is 0 Å². The van der Waals surface area contributed by atoms with E-state index in [0.29, 0.717) is 23.1 Å². The summed E-state index contributed by atoms with van der Waals surface area (Å²) >= 11 is 0. The lowest BCUT2D eigenvalue weighted by atomic mass is 10.1. The molecule has 5 heteroatoms. The molecule has 1 saturated heterocycles. The van der Waals surface area contributed by atoms with Gasteiger partial charge in [-0.15, -0.1) is 0 Å². The van der Waals surface area contributed by atoms with Gasteiger partial charge in [-0.2, -0.15) is 0 Å². The van der Waals surface area contributed by atoms with Crippen molar-refractivity contribution in [3.63, 3.8) is 0 Å². The van der Waals surface area contributed by atoms with Crippen LogP contribution in [0.5, 0.6) is 5.75 Å². The predicted molar refractivity (Wildman–Crippen MR) is 106 cm³/mol. The second-order valence-corrected chi connectivity index (χ2v) is 6.89. The summed E-state index contributed by atoms with van der Waals surface area (Å²) in [5.74, 6) is 0.840. The van der Waals surface area contributed by atoms with Gasteiger partial charge in [0.05, 0.1) is 5.69 Å². The van der Waals surface area contributed by atoms with E-state index in [1.54, 1.807) is 0 Å². The minimum atomic E-state index is 0.0237. The van der Waals surface area contributed by atoms with Crippen molar-refractivity contribution in [1.29, 1.82) is 0 Å². The van der Waals surface area contributed by atoms with Gasteiger partial charge in [0, 0.05) is 41.2 Å². The number of H-pyrrole nitrogens is 1.